The number of nitrogens with zero attached hydrogens (tertiary/aromatic N) is 3. The molecule has 0 bridgehead atoms. The average molecular weight is 377 g/mol. The van der Waals surface area contributed by atoms with Gasteiger partial charge in [0.1, 0.15) is 0 Å². The minimum Gasteiger partial charge on any atom is -0.478 e. The van der Waals surface area contributed by atoms with Gasteiger partial charge in [-0.25, -0.2) is 4.79 Å². The molecule has 7 heteroatoms. The summed E-state index contributed by atoms with van der Waals surface area (Å²) in [5.74, 6) is -0.0656. The van der Waals surface area contributed by atoms with E-state index in [-0.39, 0.29) is 5.56 Å². The highest BCUT2D eigenvalue weighted by atomic mass is 16.5. The van der Waals surface area contributed by atoms with Gasteiger partial charge in [-0.2, -0.15) is 0 Å². The minimum atomic E-state index is -0.918. The largest absolute Gasteiger partial charge is 0.478 e. The first-order valence-electron chi connectivity index (χ1n) is 9.84. The lowest BCUT2D eigenvalue weighted by atomic mass is 10.2. The van der Waals surface area contributed by atoms with Crippen molar-refractivity contribution in [3.05, 3.63) is 29.8 Å². The standard InChI is InChI=1S/C20H32N4O3/c1-3-11-23-12-14-24(15-13-23)20(21-10-5-16-27-4-2)22-18-8-6-17(7-9-18)19(25)26/h6-9H,3-5,10-16H2,1-2H3,(H,21,22)(H,25,26). The van der Waals surface area contributed by atoms with Gasteiger partial charge in [-0.15, -0.1) is 0 Å². The van der Waals surface area contributed by atoms with E-state index in [1.165, 1.54) is 6.42 Å². The number of aliphatic imine (C=N–C) groups is 1. The number of ether oxygens (including phenoxy) is 1. The lowest BCUT2D eigenvalue weighted by Gasteiger charge is -2.36. The Hall–Kier alpha value is -2.12. The van der Waals surface area contributed by atoms with Crippen LogP contribution in [-0.4, -0.2) is 79.3 Å². The number of anilines is 1. The van der Waals surface area contributed by atoms with Crippen LogP contribution in [0.3, 0.4) is 0 Å². The van der Waals surface area contributed by atoms with Crippen molar-refractivity contribution in [3.8, 4) is 0 Å². The summed E-state index contributed by atoms with van der Waals surface area (Å²) in [6.45, 7) is 11.4. The fourth-order valence-corrected chi connectivity index (χ4v) is 3.04. The zero-order valence-electron chi connectivity index (χ0n) is 16.5. The number of benzene rings is 1. The zero-order chi connectivity index (χ0) is 19.5. The molecule has 27 heavy (non-hydrogen) atoms. The van der Waals surface area contributed by atoms with Crippen molar-refractivity contribution >= 4 is 17.6 Å². The predicted molar refractivity (Wildman–Crippen MR) is 109 cm³/mol. The molecule has 0 atom stereocenters. The topological polar surface area (TPSA) is 77.4 Å². The number of guanidine groups is 1. The molecule has 0 aromatic heterocycles. The molecule has 0 radical (unpaired) electrons. The van der Waals surface area contributed by atoms with Gasteiger partial charge in [-0.05, 0) is 50.6 Å². The first kappa shape index (κ1) is 21.2. The van der Waals surface area contributed by atoms with E-state index < -0.39 is 5.97 Å². The molecule has 1 fully saturated rings. The van der Waals surface area contributed by atoms with E-state index in [0.29, 0.717) is 13.2 Å². The van der Waals surface area contributed by atoms with Gasteiger partial charge in [0.05, 0.1) is 5.56 Å². The lowest BCUT2D eigenvalue weighted by Crippen LogP contribution is -2.50. The molecule has 1 aliphatic heterocycles. The predicted octanol–water partition coefficient (Wildman–Crippen LogP) is 2.61. The molecule has 7 nitrogen and oxygen atoms in total. The maximum Gasteiger partial charge on any atom is 0.335 e. The molecule has 0 saturated carbocycles. The summed E-state index contributed by atoms with van der Waals surface area (Å²) in [6.07, 6.45) is 2.05. The molecule has 1 aliphatic rings. The number of carboxylic acids is 1. The van der Waals surface area contributed by atoms with E-state index in [4.69, 9.17) is 14.8 Å². The highest BCUT2D eigenvalue weighted by molar-refractivity contribution is 5.94. The van der Waals surface area contributed by atoms with Crippen LogP contribution < -0.4 is 5.32 Å². The summed E-state index contributed by atoms with van der Waals surface area (Å²) in [5, 5.41) is 12.4. The van der Waals surface area contributed by atoms with E-state index >= 15 is 0 Å². The van der Waals surface area contributed by atoms with Gasteiger partial charge in [0.25, 0.3) is 0 Å². The van der Waals surface area contributed by atoms with Crippen molar-refractivity contribution in [1.29, 1.82) is 0 Å². The molecule has 0 amide bonds. The van der Waals surface area contributed by atoms with Gasteiger partial charge >= 0.3 is 5.97 Å². The summed E-state index contributed by atoms with van der Waals surface area (Å²) in [7, 11) is 0. The number of nitrogens with one attached hydrogen (secondary N) is 1. The van der Waals surface area contributed by atoms with Crippen molar-refractivity contribution < 1.29 is 14.6 Å². The molecule has 1 saturated heterocycles. The molecular formula is C20H32N4O3. The number of hydrogen-bond donors (Lipinski definition) is 2. The first-order chi connectivity index (χ1) is 13.1. The zero-order valence-corrected chi connectivity index (χ0v) is 16.5. The van der Waals surface area contributed by atoms with Crippen LogP contribution in [0.4, 0.5) is 5.69 Å². The SMILES string of the molecule is CCCN1CCN(C(=NCCCOCC)Nc2ccc(C(=O)O)cc2)CC1. The second kappa shape index (κ2) is 11.6. The Morgan fingerprint density at radius 2 is 1.89 bits per heavy atom. The average Bonchev–Trinajstić information content (AvgIpc) is 2.68. The molecule has 1 aromatic rings. The quantitative estimate of drug-likeness (QED) is 0.392. The minimum absolute atomic E-state index is 0.281. The van der Waals surface area contributed by atoms with E-state index in [1.54, 1.807) is 24.3 Å². The smallest absolute Gasteiger partial charge is 0.335 e. The summed E-state index contributed by atoms with van der Waals surface area (Å²) in [6, 6.07) is 6.78. The third-order valence-corrected chi connectivity index (χ3v) is 4.51. The van der Waals surface area contributed by atoms with Crippen LogP contribution in [0.5, 0.6) is 0 Å². The van der Waals surface area contributed by atoms with E-state index in [2.05, 4.69) is 22.0 Å². The highest BCUT2D eigenvalue weighted by Crippen LogP contribution is 2.12. The van der Waals surface area contributed by atoms with Gasteiger partial charge < -0.3 is 20.1 Å². The number of carbonyl (C=O) groups is 1. The molecule has 2 N–H and O–H groups in total. The van der Waals surface area contributed by atoms with Gasteiger partial charge in [0.2, 0.25) is 0 Å². The van der Waals surface area contributed by atoms with Crippen molar-refractivity contribution in [2.75, 3.05) is 57.8 Å². The first-order valence-corrected chi connectivity index (χ1v) is 9.84. The molecule has 2 rings (SSSR count). The van der Waals surface area contributed by atoms with Crippen LogP contribution >= 0.6 is 0 Å². The van der Waals surface area contributed by atoms with Gasteiger partial charge in [-0.1, -0.05) is 6.92 Å². The van der Waals surface area contributed by atoms with Crippen LogP contribution in [0.2, 0.25) is 0 Å². The van der Waals surface area contributed by atoms with E-state index in [9.17, 15) is 4.79 Å². The summed E-state index contributed by atoms with van der Waals surface area (Å²) < 4.78 is 5.39. The maximum atomic E-state index is 11.0. The van der Waals surface area contributed by atoms with Crippen LogP contribution in [0.1, 0.15) is 37.0 Å². The molecular weight excluding hydrogens is 344 g/mol. The second-order valence-corrected chi connectivity index (χ2v) is 6.59. The number of aromatic carboxylic acids is 1. The Morgan fingerprint density at radius 1 is 1.19 bits per heavy atom. The van der Waals surface area contributed by atoms with Crippen molar-refractivity contribution in [1.82, 2.24) is 9.80 Å². The molecule has 150 valence electrons. The highest BCUT2D eigenvalue weighted by Gasteiger charge is 2.19. The van der Waals surface area contributed by atoms with Gasteiger partial charge in [0.15, 0.2) is 5.96 Å². The van der Waals surface area contributed by atoms with E-state index in [1.807, 2.05) is 6.92 Å². The Kier molecular flexibility index (Phi) is 9.07. The third-order valence-electron chi connectivity index (χ3n) is 4.51. The Labute approximate surface area is 162 Å². The third kappa shape index (κ3) is 7.19. The maximum absolute atomic E-state index is 11.0. The Bertz CT molecular complexity index is 596. The number of piperazine rings is 1. The molecule has 0 spiro atoms. The monoisotopic (exact) mass is 376 g/mol. The van der Waals surface area contributed by atoms with Crippen LogP contribution in [0, 0.1) is 0 Å². The van der Waals surface area contributed by atoms with Gasteiger partial charge in [-0.3, -0.25) is 9.89 Å². The fourth-order valence-electron chi connectivity index (χ4n) is 3.04. The Balaban J connectivity index is 2.00. The van der Waals surface area contributed by atoms with Crippen molar-refractivity contribution in [2.24, 2.45) is 4.99 Å². The molecule has 1 aromatic carbocycles. The second-order valence-electron chi connectivity index (χ2n) is 6.59. The summed E-state index contributed by atoms with van der Waals surface area (Å²) >= 11 is 0. The summed E-state index contributed by atoms with van der Waals surface area (Å²) in [5.41, 5.74) is 1.13. The number of carboxylic acid groups (broad SMARTS) is 1. The van der Waals surface area contributed by atoms with Crippen LogP contribution in [0.25, 0.3) is 0 Å². The van der Waals surface area contributed by atoms with E-state index in [0.717, 1.165) is 57.4 Å². The lowest BCUT2D eigenvalue weighted by molar-refractivity contribution is 0.0697. The molecule has 1 heterocycles. The van der Waals surface area contributed by atoms with Gasteiger partial charge in [0, 0.05) is 51.6 Å². The molecule has 0 aliphatic carbocycles. The summed E-state index contributed by atoms with van der Waals surface area (Å²) in [4.78, 5) is 20.5. The van der Waals surface area contributed by atoms with Crippen LogP contribution in [-0.2, 0) is 4.74 Å². The Morgan fingerprint density at radius 3 is 2.48 bits per heavy atom. The molecule has 0 unspecified atom stereocenters. The van der Waals surface area contributed by atoms with Crippen molar-refractivity contribution in [3.63, 3.8) is 0 Å². The number of hydrogen-bond acceptors (Lipinski definition) is 4. The van der Waals surface area contributed by atoms with Crippen molar-refractivity contribution in [2.45, 2.75) is 26.7 Å². The normalized spacial score (nSPS) is 15.8. The fraction of sp³-hybridized carbons (Fsp3) is 0.600. The van der Waals surface area contributed by atoms with Crippen LogP contribution in [0.15, 0.2) is 29.3 Å². The number of rotatable bonds is 9.